The van der Waals surface area contributed by atoms with Crippen molar-refractivity contribution in [3.63, 3.8) is 0 Å². The normalized spacial score (nSPS) is 21.0. The lowest BCUT2D eigenvalue weighted by Gasteiger charge is -2.34. The predicted octanol–water partition coefficient (Wildman–Crippen LogP) is 2.66. The Labute approximate surface area is 156 Å². The Balaban J connectivity index is 1.73. The van der Waals surface area contributed by atoms with E-state index < -0.39 is 11.3 Å². The molecule has 1 atom stereocenters. The summed E-state index contributed by atoms with van der Waals surface area (Å²) < 4.78 is 2.01. The van der Waals surface area contributed by atoms with E-state index in [0.717, 1.165) is 35.4 Å². The minimum Gasteiger partial charge on any atom is -0.364 e. The highest BCUT2D eigenvalue weighted by Gasteiger charge is 2.41. The van der Waals surface area contributed by atoms with Crippen LogP contribution in [-0.4, -0.2) is 25.7 Å². The first-order valence-corrected chi connectivity index (χ1v) is 9.11. The fourth-order valence-corrected chi connectivity index (χ4v) is 4.00. The van der Waals surface area contributed by atoms with Gasteiger partial charge in [-0.05, 0) is 24.5 Å². The SMILES string of the molecule is NC(=O)c1nn(C2CC2)c2c1C=CC(c1ccccc1)(c1ccncn1)C2. The van der Waals surface area contributed by atoms with E-state index in [9.17, 15) is 4.79 Å². The van der Waals surface area contributed by atoms with Gasteiger partial charge in [0.1, 0.15) is 6.33 Å². The summed E-state index contributed by atoms with van der Waals surface area (Å²) in [5.41, 5.74) is 9.49. The molecule has 3 aromatic rings. The third-order valence-corrected chi connectivity index (χ3v) is 5.49. The summed E-state index contributed by atoms with van der Waals surface area (Å²) in [6.07, 6.45) is 10.3. The number of nitrogens with two attached hydrogens (primary N) is 1. The molecular formula is C21H19N5O. The van der Waals surface area contributed by atoms with Crippen molar-refractivity contribution in [3.05, 3.63) is 83.2 Å². The van der Waals surface area contributed by atoms with E-state index in [1.54, 1.807) is 12.5 Å². The molecule has 1 aromatic carbocycles. The lowest BCUT2D eigenvalue weighted by molar-refractivity contribution is 0.0994. The van der Waals surface area contributed by atoms with Gasteiger partial charge in [-0.25, -0.2) is 9.97 Å². The van der Waals surface area contributed by atoms with Crippen molar-refractivity contribution in [2.24, 2.45) is 5.73 Å². The fraction of sp³-hybridized carbons (Fsp3) is 0.238. The zero-order valence-electron chi connectivity index (χ0n) is 14.7. The lowest BCUT2D eigenvalue weighted by atomic mass is 9.70. The van der Waals surface area contributed by atoms with Crippen LogP contribution in [0.15, 0.2) is 55.0 Å². The summed E-state index contributed by atoms with van der Waals surface area (Å²) in [6.45, 7) is 0. The van der Waals surface area contributed by atoms with Gasteiger partial charge in [0, 0.05) is 23.9 Å². The molecule has 1 unspecified atom stereocenters. The topological polar surface area (TPSA) is 86.7 Å². The number of benzene rings is 1. The van der Waals surface area contributed by atoms with E-state index in [-0.39, 0.29) is 0 Å². The van der Waals surface area contributed by atoms with Crippen LogP contribution >= 0.6 is 0 Å². The molecule has 2 aliphatic rings. The number of hydrogen-bond donors (Lipinski definition) is 1. The quantitative estimate of drug-likeness (QED) is 0.778. The van der Waals surface area contributed by atoms with Crippen LogP contribution in [0.2, 0.25) is 0 Å². The highest BCUT2D eigenvalue weighted by Crippen LogP contribution is 2.44. The largest absolute Gasteiger partial charge is 0.364 e. The zero-order chi connectivity index (χ0) is 18.4. The summed E-state index contributed by atoms with van der Waals surface area (Å²) in [6, 6.07) is 12.6. The summed E-state index contributed by atoms with van der Waals surface area (Å²) in [7, 11) is 0. The number of aromatic nitrogens is 4. The molecule has 27 heavy (non-hydrogen) atoms. The van der Waals surface area contributed by atoms with Crippen LogP contribution in [0, 0.1) is 0 Å². The van der Waals surface area contributed by atoms with Gasteiger partial charge in [0.15, 0.2) is 5.69 Å². The highest BCUT2D eigenvalue weighted by molar-refractivity contribution is 5.95. The Hall–Kier alpha value is -3.28. The number of nitrogens with zero attached hydrogens (tertiary/aromatic N) is 4. The molecule has 1 amide bonds. The molecule has 2 aliphatic carbocycles. The Morgan fingerprint density at radius 1 is 1.19 bits per heavy atom. The number of rotatable bonds is 4. The Bertz CT molecular complexity index is 996. The summed E-state index contributed by atoms with van der Waals surface area (Å²) >= 11 is 0. The third-order valence-electron chi connectivity index (χ3n) is 5.49. The lowest BCUT2D eigenvalue weighted by Crippen LogP contribution is -2.32. The molecule has 0 saturated heterocycles. The van der Waals surface area contributed by atoms with E-state index in [1.165, 1.54) is 0 Å². The monoisotopic (exact) mass is 357 g/mol. The van der Waals surface area contributed by atoms with Gasteiger partial charge >= 0.3 is 0 Å². The average Bonchev–Trinajstić information content (AvgIpc) is 3.49. The van der Waals surface area contributed by atoms with E-state index in [4.69, 9.17) is 5.73 Å². The average molecular weight is 357 g/mol. The molecule has 2 N–H and O–H groups in total. The van der Waals surface area contributed by atoms with Crippen LogP contribution in [-0.2, 0) is 11.8 Å². The minimum atomic E-state index is -0.482. The summed E-state index contributed by atoms with van der Waals surface area (Å²) in [4.78, 5) is 20.6. The predicted molar refractivity (Wildman–Crippen MR) is 101 cm³/mol. The van der Waals surface area contributed by atoms with Crippen molar-refractivity contribution in [1.29, 1.82) is 0 Å². The standard InChI is InChI=1S/C21H19N5O/c22-20(27)19-16-8-10-21(14-4-2-1-3-5-14,18-9-11-23-13-24-18)12-17(16)26(25-19)15-6-7-15/h1-5,8-11,13,15H,6-7,12H2,(H2,22,27). The smallest absolute Gasteiger partial charge is 0.269 e. The van der Waals surface area contributed by atoms with Crippen LogP contribution in [0.5, 0.6) is 0 Å². The maximum atomic E-state index is 11.9. The molecule has 6 heteroatoms. The second kappa shape index (κ2) is 5.87. The maximum absolute atomic E-state index is 11.9. The van der Waals surface area contributed by atoms with E-state index in [2.05, 4.69) is 33.3 Å². The van der Waals surface area contributed by atoms with E-state index in [0.29, 0.717) is 18.2 Å². The van der Waals surface area contributed by atoms with Gasteiger partial charge in [0.25, 0.3) is 5.91 Å². The van der Waals surface area contributed by atoms with Crippen molar-refractivity contribution < 1.29 is 4.79 Å². The minimum absolute atomic E-state index is 0.359. The second-order valence-electron chi connectivity index (χ2n) is 7.19. The Kier molecular flexibility index (Phi) is 3.47. The fourth-order valence-electron chi connectivity index (χ4n) is 4.00. The number of carbonyl (C=O) groups is 1. The molecule has 2 heterocycles. The first kappa shape index (κ1) is 15.9. The molecular weight excluding hydrogens is 338 g/mol. The molecule has 0 aliphatic heterocycles. The number of amides is 1. The zero-order valence-corrected chi connectivity index (χ0v) is 14.7. The maximum Gasteiger partial charge on any atom is 0.269 e. The first-order chi connectivity index (χ1) is 13.2. The molecule has 5 rings (SSSR count). The second-order valence-corrected chi connectivity index (χ2v) is 7.19. The summed E-state index contributed by atoms with van der Waals surface area (Å²) in [5, 5.41) is 4.56. The Morgan fingerprint density at radius 3 is 2.67 bits per heavy atom. The molecule has 1 saturated carbocycles. The Morgan fingerprint density at radius 2 is 2.00 bits per heavy atom. The molecule has 0 radical (unpaired) electrons. The molecule has 0 bridgehead atoms. The molecule has 0 spiro atoms. The van der Waals surface area contributed by atoms with Crippen LogP contribution in [0.25, 0.3) is 6.08 Å². The number of fused-ring (bicyclic) bond motifs is 1. The van der Waals surface area contributed by atoms with Crippen LogP contribution < -0.4 is 5.73 Å². The van der Waals surface area contributed by atoms with Gasteiger partial charge in [-0.1, -0.05) is 42.5 Å². The van der Waals surface area contributed by atoms with E-state index in [1.807, 2.05) is 35.0 Å². The van der Waals surface area contributed by atoms with Crippen molar-refractivity contribution in [3.8, 4) is 0 Å². The van der Waals surface area contributed by atoms with Crippen molar-refractivity contribution in [1.82, 2.24) is 19.7 Å². The van der Waals surface area contributed by atoms with Crippen molar-refractivity contribution in [2.75, 3.05) is 0 Å². The van der Waals surface area contributed by atoms with Gasteiger partial charge in [0.05, 0.1) is 17.2 Å². The van der Waals surface area contributed by atoms with Crippen LogP contribution in [0.4, 0.5) is 0 Å². The van der Waals surface area contributed by atoms with Crippen molar-refractivity contribution >= 4 is 12.0 Å². The highest BCUT2D eigenvalue weighted by atomic mass is 16.1. The molecule has 6 nitrogen and oxygen atoms in total. The number of carbonyl (C=O) groups excluding carboxylic acids is 1. The van der Waals surface area contributed by atoms with Crippen LogP contribution in [0.3, 0.4) is 0 Å². The summed E-state index contributed by atoms with van der Waals surface area (Å²) in [5.74, 6) is -0.482. The van der Waals surface area contributed by atoms with E-state index >= 15 is 0 Å². The van der Waals surface area contributed by atoms with Gasteiger partial charge in [-0.3, -0.25) is 9.48 Å². The van der Waals surface area contributed by atoms with Crippen LogP contribution in [0.1, 0.15) is 51.9 Å². The number of allylic oxidation sites excluding steroid dienone is 1. The molecule has 134 valence electrons. The number of primary amides is 1. The van der Waals surface area contributed by atoms with Crippen molar-refractivity contribution in [2.45, 2.75) is 30.7 Å². The van der Waals surface area contributed by atoms with Gasteiger partial charge in [0.2, 0.25) is 0 Å². The van der Waals surface area contributed by atoms with Gasteiger partial charge in [-0.15, -0.1) is 0 Å². The third kappa shape index (κ3) is 2.48. The molecule has 2 aromatic heterocycles. The number of hydrogen-bond acceptors (Lipinski definition) is 4. The first-order valence-electron chi connectivity index (χ1n) is 9.11. The molecule has 1 fully saturated rings. The van der Waals surface area contributed by atoms with Gasteiger partial charge < -0.3 is 5.73 Å². The van der Waals surface area contributed by atoms with Gasteiger partial charge in [-0.2, -0.15) is 5.10 Å².